The fourth-order valence-corrected chi connectivity index (χ4v) is 5.23. The Morgan fingerprint density at radius 1 is 1.00 bits per heavy atom. The lowest BCUT2D eigenvalue weighted by Crippen LogP contribution is -2.38. The van der Waals surface area contributed by atoms with Crippen LogP contribution in [0.2, 0.25) is 0 Å². The highest BCUT2D eigenvalue weighted by atomic mass is 28.2. The summed E-state index contributed by atoms with van der Waals surface area (Å²) in [5.41, 5.74) is 1.39. The lowest BCUT2D eigenvalue weighted by molar-refractivity contribution is 0.447. The zero-order valence-corrected chi connectivity index (χ0v) is 12.3. The van der Waals surface area contributed by atoms with E-state index in [1.165, 1.54) is 51.0 Å². The lowest BCUT2D eigenvalue weighted by Gasteiger charge is -2.22. The van der Waals surface area contributed by atoms with Crippen molar-refractivity contribution < 1.29 is 5.11 Å². The van der Waals surface area contributed by atoms with Crippen LogP contribution in [0.1, 0.15) is 30.7 Å². The molecule has 0 radical (unpaired) electrons. The van der Waals surface area contributed by atoms with Crippen LogP contribution in [0, 0.1) is 0 Å². The van der Waals surface area contributed by atoms with Crippen molar-refractivity contribution in [3.05, 3.63) is 29.8 Å². The molecule has 2 heterocycles. The molecule has 18 heavy (non-hydrogen) atoms. The van der Waals surface area contributed by atoms with Gasteiger partial charge in [-0.15, -0.1) is 0 Å². The summed E-state index contributed by atoms with van der Waals surface area (Å²) in [5.74, 6) is 1.06. The number of phenols is 1. The molecule has 1 N–H and O–H groups in total. The van der Waals surface area contributed by atoms with Gasteiger partial charge in [0.05, 0.1) is 0 Å². The monoisotopic (exact) mass is 262 g/mol. The van der Waals surface area contributed by atoms with Crippen LogP contribution in [0.5, 0.6) is 5.75 Å². The molecule has 0 aromatic heterocycles. The molecular weight excluding hydrogens is 240 g/mol. The molecule has 0 saturated carbocycles. The molecule has 0 bridgehead atoms. The molecule has 1 aromatic rings. The number of nitrogens with zero attached hydrogens (tertiary/aromatic N) is 2. The zero-order valence-electron chi connectivity index (χ0n) is 10.9. The smallest absolute Gasteiger partial charge is 0.173 e. The van der Waals surface area contributed by atoms with Gasteiger partial charge in [0.15, 0.2) is 9.84 Å². The largest absolute Gasteiger partial charge is 0.508 e. The Hall–Kier alpha value is -0.843. The van der Waals surface area contributed by atoms with Crippen molar-refractivity contribution >= 4 is 9.84 Å². The average Bonchev–Trinajstić information content (AvgIpc) is 3.02. The van der Waals surface area contributed by atoms with Gasteiger partial charge >= 0.3 is 0 Å². The summed E-state index contributed by atoms with van der Waals surface area (Å²) >= 11 is 0. The van der Waals surface area contributed by atoms with Gasteiger partial charge in [0, 0.05) is 0 Å². The first-order valence-corrected chi connectivity index (χ1v) is 8.31. The van der Waals surface area contributed by atoms with Crippen molar-refractivity contribution in [3.63, 3.8) is 0 Å². The van der Waals surface area contributed by atoms with E-state index in [2.05, 4.69) is 21.3 Å². The first-order chi connectivity index (χ1) is 8.81. The third kappa shape index (κ3) is 2.76. The lowest BCUT2D eigenvalue weighted by atomic mass is 9.99. The van der Waals surface area contributed by atoms with Crippen LogP contribution in [0.15, 0.2) is 24.3 Å². The van der Waals surface area contributed by atoms with E-state index < -0.39 is 0 Å². The molecule has 1 aromatic carbocycles. The maximum atomic E-state index is 9.33. The molecule has 0 amide bonds. The number of hydrogen-bond donors (Lipinski definition) is 1. The Labute approximate surface area is 111 Å². The van der Waals surface area contributed by atoms with Gasteiger partial charge in [-0.2, -0.15) is 0 Å². The van der Waals surface area contributed by atoms with Crippen LogP contribution in [0.3, 0.4) is 0 Å². The minimum Gasteiger partial charge on any atom is -0.508 e. The predicted octanol–water partition coefficient (Wildman–Crippen LogP) is 1.28. The number of hydrogen-bond acceptors (Lipinski definition) is 3. The van der Waals surface area contributed by atoms with Gasteiger partial charge in [0.1, 0.15) is 5.75 Å². The normalized spacial score (nSPS) is 26.6. The van der Waals surface area contributed by atoms with Gasteiger partial charge in [-0.25, -0.2) is 0 Å². The second-order valence-electron chi connectivity index (χ2n) is 5.62. The van der Waals surface area contributed by atoms with E-state index in [1.54, 1.807) is 0 Å². The topological polar surface area (TPSA) is 26.7 Å². The number of phenolic OH excluding ortho intramolecular Hbond substituents is 1. The molecule has 2 fully saturated rings. The Morgan fingerprint density at radius 2 is 1.72 bits per heavy atom. The van der Waals surface area contributed by atoms with E-state index in [1.807, 2.05) is 12.1 Å². The predicted molar refractivity (Wildman–Crippen MR) is 76.4 cm³/mol. The summed E-state index contributed by atoms with van der Waals surface area (Å²) in [6.45, 7) is 5.18. The van der Waals surface area contributed by atoms with Gasteiger partial charge in [-0.3, -0.25) is 0 Å². The summed E-state index contributed by atoms with van der Waals surface area (Å²) in [6.07, 6.45) is 4.09. The highest BCUT2D eigenvalue weighted by Crippen LogP contribution is 2.28. The van der Waals surface area contributed by atoms with Gasteiger partial charge in [0.2, 0.25) is 0 Å². The third-order valence-corrected chi connectivity index (χ3v) is 6.24. The Morgan fingerprint density at radius 3 is 2.44 bits per heavy atom. The van der Waals surface area contributed by atoms with Crippen molar-refractivity contribution in [1.82, 2.24) is 9.13 Å². The molecule has 2 aliphatic heterocycles. The van der Waals surface area contributed by atoms with Crippen molar-refractivity contribution in [1.29, 1.82) is 0 Å². The summed E-state index contributed by atoms with van der Waals surface area (Å²) in [6, 6.07) is 7.80. The first-order valence-electron chi connectivity index (χ1n) is 7.05. The standard InChI is InChI=1S/C14H22N2OSi/c17-14-5-3-12(4-6-14)13-7-10-16(11-13)18-15-8-1-2-9-15/h3-6,13,17H,1-2,7-11,18H2. The van der Waals surface area contributed by atoms with E-state index in [4.69, 9.17) is 0 Å². The average molecular weight is 262 g/mol. The van der Waals surface area contributed by atoms with Gasteiger partial charge in [-0.05, 0) is 69.1 Å². The van der Waals surface area contributed by atoms with Crippen LogP contribution in [0.4, 0.5) is 0 Å². The molecule has 98 valence electrons. The molecule has 1 atom stereocenters. The molecule has 0 aliphatic carbocycles. The third-order valence-electron chi connectivity index (χ3n) is 4.24. The van der Waals surface area contributed by atoms with Crippen LogP contribution in [0.25, 0.3) is 0 Å². The molecule has 2 aliphatic rings. The Kier molecular flexibility index (Phi) is 3.68. The van der Waals surface area contributed by atoms with Crippen molar-refractivity contribution in [2.24, 2.45) is 0 Å². The minimum absolute atomic E-state index is 0.163. The van der Waals surface area contributed by atoms with E-state index in [9.17, 15) is 5.11 Å². The highest BCUT2D eigenvalue weighted by Gasteiger charge is 2.26. The van der Waals surface area contributed by atoms with Crippen molar-refractivity contribution in [2.45, 2.75) is 25.2 Å². The summed E-state index contributed by atoms with van der Waals surface area (Å²) in [4.78, 5) is 0. The summed E-state index contributed by atoms with van der Waals surface area (Å²) in [7, 11) is -0.163. The first kappa shape index (κ1) is 12.2. The van der Waals surface area contributed by atoms with E-state index in [0.717, 1.165) is 0 Å². The molecule has 0 spiro atoms. The molecular formula is C14H22N2OSi. The highest BCUT2D eigenvalue weighted by molar-refractivity contribution is 6.28. The Balaban J connectivity index is 1.55. The second-order valence-corrected chi connectivity index (χ2v) is 7.69. The fourth-order valence-electron chi connectivity index (χ4n) is 3.19. The van der Waals surface area contributed by atoms with E-state index in [-0.39, 0.29) is 9.84 Å². The second kappa shape index (κ2) is 5.43. The number of benzene rings is 1. The van der Waals surface area contributed by atoms with Crippen LogP contribution in [-0.4, -0.2) is 50.3 Å². The molecule has 1 unspecified atom stereocenters. The molecule has 4 heteroatoms. The molecule has 3 rings (SSSR count). The minimum atomic E-state index is -0.163. The summed E-state index contributed by atoms with van der Waals surface area (Å²) in [5, 5.41) is 9.33. The number of rotatable bonds is 3. The van der Waals surface area contributed by atoms with Gasteiger partial charge in [-0.1, -0.05) is 12.1 Å². The van der Waals surface area contributed by atoms with E-state index in [0.29, 0.717) is 11.7 Å². The molecule has 3 nitrogen and oxygen atoms in total. The Bertz CT molecular complexity index is 389. The summed E-state index contributed by atoms with van der Waals surface area (Å²) < 4.78 is 5.42. The van der Waals surface area contributed by atoms with Gasteiger partial charge in [0.25, 0.3) is 0 Å². The van der Waals surface area contributed by atoms with E-state index >= 15 is 0 Å². The van der Waals surface area contributed by atoms with Crippen LogP contribution in [-0.2, 0) is 0 Å². The quantitative estimate of drug-likeness (QED) is 0.831. The maximum Gasteiger partial charge on any atom is 0.173 e. The molecule has 2 saturated heterocycles. The zero-order chi connectivity index (χ0) is 12.4. The fraction of sp³-hybridized carbons (Fsp3) is 0.571. The van der Waals surface area contributed by atoms with Gasteiger partial charge < -0.3 is 14.2 Å². The van der Waals surface area contributed by atoms with Crippen LogP contribution < -0.4 is 0 Å². The number of aromatic hydroxyl groups is 1. The van der Waals surface area contributed by atoms with Crippen molar-refractivity contribution in [2.75, 3.05) is 26.2 Å². The SMILES string of the molecule is Oc1ccc(C2CCN([SiH2]N3CCCC3)C2)cc1. The van der Waals surface area contributed by atoms with Crippen molar-refractivity contribution in [3.8, 4) is 5.75 Å². The van der Waals surface area contributed by atoms with Crippen LogP contribution >= 0.6 is 0 Å². The maximum absolute atomic E-state index is 9.33.